The third-order valence-electron chi connectivity index (χ3n) is 5.46. The van der Waals surface area contributed by atoms with Gasteiger partial charge in [-0.15, -0.1) is 13.2 Å². The zero-order valence-corrected chi connectivity index (χ0v) is 17.6. The number of hydrazine groups is 1. The van der Waals surface area contributed by atoms with Gasteiger partial charge in [-0.3, -0.25) is 15.0 Å². The third kappa shape index (κ3) is 3.94. The summed E-state index contributed by atoms with van der Waals surface area (Å²) < 4.78 is 41.9. The topological polar surface area (TPSA) is 70.7 Å². The number of benzene rings is 1. The standard InChI is InChI=1S/C19H19ClF3N3O3S/c1-10(27)25-26-17(28)16-13(9-18(26)5-3-2-4-6-18)24-12-7-11(20)14(8-15(12)30-16)29-19(21,22)23/h7-8,24H,2-6,9H2,1H3,(H,25,27). The van der Waals surface area contributed by atoms with E-state index in [4.69, 9.17) is 11.6 Å². The number of halogens is 4. The third-order valence-corrected chi connectivity index (χ3v) is 6.94. The highest BCUT2D eigenvalue weighted by Gasteiger charge is 2.48. The van der Waals surface area contributed by atoms with Gasteiger partial charge in [-0.05, 0) is 25.0 Å². The van der Waals surface area contributed by atoms with Crippen LogP contribution in [0, 0.1) is 0 Å². The van der Waals surface area contributed by atoms with Crippen LogP contribution in [0.25, 0.3) is 0 Å². The molecule has 6 nitrogen and oxygen atoms in total. The number of thioether (sulfide) groups is 1. The summed E-state index contributed by atoms with van der Waals surface area (Å²) in [5, 5.41) is 4.43. The average molecular weight is 462 g/mol. The fraction of sp³-hybridized carbons (Fsp3) is 0.474. The van der Waals surface area contributed by atoms with Crippen LogP contribution in [0.3, 0.4) is 0 Å². The number of hydrogen-bond acceptors (Lipinski definition) is 5. The molecule has 1 aliphatic carbocycles. The molecule has 0 radical (unpaired) electrons. The Balaban J connectivity index is 1.70. The Morgan fingerprint density at radius 1 is 1.30 bits per heavy atom. The van der Waals surface area contributed by atoms with Crippen molar-refractivity contribution in [2.75, 3.05) is 5.32 Å². The van der Waals surface area contributed by atoms with Gasteiger partial charge in [-0.1, -0.05) is 42.6 Å². The molecule has 0 bridgehead atoms. The highest BCUT2D eigenvalue weighted by atomic mass is 35.5. The van der Waals surface area contributed by atoms with Crippen molar-refractivity contribution in [3.8, 4) is 5.75 Å². The molecule has 2 aliphatic heterocycles. The van der Waals surface area contributed by atoms with Crippen LogP contribution in [-0.4, -0.2) is 28.7 Å². The Bertz CT molecular complexity index is 945. The van der Waals surface area contributed by atoms with Gasteiger partial charge in [0.1, 0.15) is 5.75 Å². The van der Waals surface area contributed by atoms with Crippen molar-refractivity contribution in [3.05, 3.63) is 27.8 Å². The smallest absolute Gasteiger partial charge is 0.404 e. The first-order chi connectivity index (χ1) is 14.1. The molecule has 1 aromatic rings. The van der Waals surface area contributed by atoms with E-state index >= 15 is 0 Å². The Morgan fingerprint density at radius 3 is 2.63 bits per heavy atom. The molecule has 0 atom stereocenters. The zero-order chi connectivity index (χ0) is 21.7. The van der Waals surface area contributed by atoms with E-state index in [1.807, 2.05) is 0 Å². The van der Waals surface area contributed by atoms with Crippen LogP contribution in [-0.2, 0) is 9.59 Å². The van der Waals surface area contributed by atoms with Crippen LogP contribution in [0.4, 0.5) is 18.9 Å². The number of fused-ring (bicyclic) bond motifs is 1. The van der Waals surface area contributed by atoms with Gasteiger partial charge in [0.2, 0.25) is 5.91 Å². The van der Waals surface area contributed by atoms with E-state index in [1.165, 1.54) is 18.0 Å². The number of rotatable bonds is 2. The van der Waals surface area contributed by atoms with Crippen LogP contribution < -0.4 is 15.5 Å². The van der Waals surface area contributed by atoms with E-state index < -0.39 is 17.7 Å². The van der Waals surface area contributed by atoms with E-state index in [1.54, 1.807) is 0 Å². The zero-order valence-electron chi connectivity index (χ0n) is 16.0. The molecular weight excluding hydrogens is 443 g/mol. The molecule has 1 spiro atoms. The van der Waals surface area contributed by atoms with Crippen LogP contribution in [0.15, 0.2) is 27.6 Å². The molecule has 162 valence electrons. The maximum Gasteiger partial charge on any atom is 0.573 e. The molecule has 2 heterocycles. The molecule has 0 aromatic heterocycles. The largest absolute Gasteiger partial charge is 0.573 e. The summed E-state index contributed by atoms with van der Waals surface area (Å²) in [6.07, 6.45) is 0.102. The Morgan fingerprint density at radius 2 is 2.00 bits per heavy atom. The minimum atomic E-state index is -4.88. The number of amides is 2. The lowest BCUT2D eigenvalue weighted by atomic mass is 9.76. The molecule has 1 saturated carbocycles. The molecule has 4 rings (SSSR count). The summed E-state index contributed by atoms with van der Waals surface area (Å²) in [5.41, 5.74) is 3.37. The SMILES string of the molecule is CC(=O)NN1C(=O)C2=C(CC13CCCCC3)Nc1cc(Cl)c(OC(F)(F)F)cc1S2. The molecule has 11 heteroatoms. The number of nitrogens with zero attached hydrogens (tertiary/aromatic N) is 1. The fourth-order valence-electron chi connectivity index (χ4n) is 4.27. The van der Waals surface area contributed by atoms with Gasteiger partial charge < -0.3 is 10.1 Å². The summed E-state index contributed by atoms with van der Waals surface area (Å²) in [7, 11) is 0. The lowest BCUT2D eigenvalue weighted by molar-refractivity contribution is -0.274. The highest BCUT2D eigenvalue weighted by molar-refractivity contribution is 8.04. The molecule has 3 aliphatic rings. The molecule has 30 heavy (non-hydrogen) atoms. The van der Waals surface area contributed by atoms with E-state index in [2.05, 4.69) is 15.5 Å². The van der Waals surface area contributed by atoms with Crippen LogP contribution in [0.1, 0.15) is 45.4 Å². The second kappa shape index (κ2) is 7.56. The van der Waals surface area contributed by atoms with E-state index in [0.717, 1.165) is 49.9 Å². The summed E-state index contributed by atoms with van der Waals surface area (Å²) in [6.45, 7) is 1.35. The van der Waals surface area contributed by atoms with Gasteiger partial charge in [0.15, 0.2) is 0 Å². The van der Waals surface area contributed by atoms with E-state index in [-0.39, 0.29) is 16.8 Å². The summed E-state index contributed by atoms with van der Waals surface area (Å²) in [6, 6.07) is 2.53. The summed E-state index contributed by atoms with van der Waals surface area (Å²) in [5.74, 6) is -1.25. The van der Waals surface area contributed by atoms with Crippen molar-refractivity contribution in [3.63, 3.8) is 0 Å². The van der Waals surface area contributed by atoms with Crippen LogP contribution in [0.5, 0.6) is 5.75 Å². The number of nitrogens with one attached hydrogen (secondary N) is 2. The quantitative estimate of drug-likeness (QED) is 0.651. The van der Waals surface area contributed by atoms with E-state index in [9.17, 15) is 22.8 Å². The lowest BCUT2D eigenvalue weighted by Crippen LogP contribution is -2.63. The van der Waals surface area contributed by atoms with Gasteiger partial charge in [0.05, 0.1) is 21.2 Å². The number of hydrogen-bond donors (Lipinski definition) is 2. The molecular formula is C19H19ClF3N3O3S. The number of alkyl halides is 3. The molecule has 2 N–H and O–H groups in total. The highest BCUT2D eigenvalue weighted by Crippen LogP contribution is 2.51. The maximum atomic E-state index is 13.3. The molecule has 0 saturated heterocycles. The average Bonchev–Trinajstić information content (AvgIpc) is 2.64. The van der Waals surface area contributed by atoms with Crippen LogP contribution in [0.2, 0.25) is 5.02 Å². The van der Waals surface area contributed by atoms with Crippen molar-refractivity contribution in [2.45, 2.75) is 62.2 Å². The Labute approximate surface area is 180 Å². The molecule has 2 amide bonds. The van der Waals surface area contributed by atoms with Gasteiger partial charge >= 0.3 is 6.36 Å². The van der Waals surface area contributed by atoms with Gasteiger partial charge in [-0.2, -0.15) is 0 Å². The van der Waals surface area contributed by atoms with Crippen molar-refractivity contribution in [2.24, 2.45) is 0 Å². The van der Waals surface area contributed by atoms with Crippen molar-refractivity contribution < 1.29 is 27.5 Å². The first-order valence-corrected chi connectivity index (χ1v) is 10.7. The minimum absolute atomic E-state index is 0.183. The molecule has 1 aromatic carbocycles. The normalized spacial score (nSPS) is 20.4. The fourth-order valence-corrected chi connectivity index (χ4v) is 5.50. The number of ether oxygens (including phenoxy) is 1. The minimum Gasteiger partial charge on any atom is -0.404 e. The summed E-state index contributed by atoms with van der Waals surface area (Å²) in [4.78, 5) is 25.8. The van der Waals surface area contributed by atoms with Crippen molar-refractivity contribution >= 4 is 40.9 Å². The number of anilines is 1. The van der Waals surface area contributed by atoms with Gasteiger partial charge in [0, 0.05) is 23.9 Å². The maximum absolute atomic E-state index is 13.3. The lowest BCUT2D eigenvalue weighted by Gasteiger charge is -2.50. The summed E-state index contributed by atoms with van der Waals surface area (Å²) >= 11 is 7.03. The first kappa shape index (κ1) is 21.2. The number of carbonyl (C=O) groups is 2. The Hall–Kier alpha value is -2.07. The second-order valence-corrected chi connectivity index (χ2v) is 9.09. The van der Waals surface area contributed by atoms with Crippen molar-refractivity contribution in [1.82, 2.24) is 10.4 Å². The molecule has 0 unspecified atom stereocenters. The second-order valence-electron chi connectivity index (χ2n) is 7.63. The van der Waals surface area contributed by atoms with Gasteiger partial charge in [0.25, 0.3) is 5.91 Å². The molecule has 1 fully saturated rings. The van der Waals surface area contributed by atoms with Gasteiger partial charge in [-0.25, -0.2) is 5.01 Å². The Kier molecular flexibility index (Phi) is 5.34. The first-order valence-electron chi connectivity index (χ1n) is 9.47. The van der Waals surface area contributed by atoms with E-state index in [0.29, 0.717) is 27.6 Å². The predicted octanol–water partition coefficient (Wildman–Crippen LogP) is 4.95. The number of carbonyl (C=O) groups excluding carboxylic acids is 2. The monoisotopic (exact) mass is 461 g/mol. The van der Waals surface area contributed by atoms with Crippen molar-refractivity contribution in [1.29, 1.82) is 0 Å². The van der Waals surface area contributed by atoms with Crippen LogP contribution >= 0.6 is 23.4 Å². The predicted molar refractivity (Wildman–Crippen MR) is 106 cm³/mol.